The van der Waals surface area contributed by atoms with Gasteiger partial charge in [-0.3, -0.25) is 4.79 Å². The quantitative estimate of drug-likeness (QED) is 0.783. The minimum Gasteiger partial charge on any atom is -0.492 e. The van der Waals surface area contributed by atoms with E-state index in [1.165, 1.54) is 10.9 Å². The molecule has 2 aromatic rings. The second-order valence-corrected chi connectivity index (χ2v) is 4.04. The van der Waals surface area contributed by atoms with Crippen LogP contribution >= 0.6 is 0 Å². The predicted molar refractivity (Wildman–Crippen MR) is 62.4 cm³/mol. The normalized spacial score (nSPS) is 15.1. The number of azo groups is 1. The molecule has 3 rings (SSSR count). The van der Waals surface area contributed by atoms with Crippen molar-refractivity contribution in [2.75, 3.05) is 0 Å². The van der Waals surface area contributed by atoms with Crippen LogP contribution in [0.15, 0.2) is 27.4 Å². The molecule has 0 radical (unpaired) electrons. The summed E-state index contributed by atoms with van der Waals surface area (Å²) in [6.45, 7) is 1.22. The molecule has 0 aliphatic carbocycles. The van der Waals surface area contributed by atoms with Gasteiger partial charge < -0.3 is 10.1 Å². The Morgan fingerprint density at radius 2 is 2.06 bits per heavy atom. The van der Waals surface area contributed by atoms with Gasteiger partial charge in [0.2, 0.25) is 17.5 Å². The zero-order valence-corrected chi connectivity index (χ0v) is 9.57. The summed E-state index contributed by atoms with van der Waals surface area (Å²) in [6, 6.07) is 0. The Bertz CT molecular complexity index is 636. The van der Waals surface area contributed by atoms with Gasteiger partial charge in [-0.2, -0.15) is 0 Å². The number of hydrogen-bond acceptors (Lipinski definition) is 5. The molecule has 2 N–H and O–H groups in total. The van der Waals surface area contributed by atoms with E-state index in [0.717, 1.165) is 12.8 Å². The van der Waals surface area contributed by atoms with Crippen LogP contribution in [0.2, 0.25) is 0 Å². The van der Waals surface area contributed by atoms with Crippen LogP contribution in [0.4, 0.5) is 11.6 Å². The van der Waals surface area contributed by atoms with Crippen LogP contribution in [0.3, 0.4) is 0 Å². The van der Waals surface area contributed by atoms with E-state index in [-0.39, 0.29) is 17.1 Å². The average Bonchev–Trinajstić information content (AvgIpc) is 2.98. The first-order valence-electron chi connectivity index (χ1n) is 5.71. The molecule has 0 unspecified atom stereocenters. The van der Waals surface area contributed by atoms with Gasteiger partial charge in [0.1, 0.15) is 0 Å². The summed E-state index contributed by atoms with van der Waals surface area (Å²) in [5, 5.41) is 17.5. The molecule has 18 heavy (non-hydrogen) atoms. The second kappa shape index (κ2) is 4.13. The largest absolute Gasteiger partial charge is 0.492 e. The van der Waals surface area contributed by atoms with Crippen LogP contribution in [0.5, 0.6) is 5.88 Å². The summed E-state index contributed by atoms with van der Waals surface area (Å²) < 4.78 is 3.04. The molecule has 0 atom stereocenters. The van der Waals surface area contributed by atoms with Crippen molar-refractivity contribution < 1.29 is 5.11 Å². The first kappa shape index (κ1) is 10.8. The minimum absolute atomic E-state index is 0.0340. The second-order valence-electron chi connectivity index (χ2n) is 4.04. The predicted octanol–water partition coefficient (Wildman–Crippen LogP) is 1.29. The lowest BCUT2D eigenvalue weighted by atomic mass is 10.3. The van der Waals surface area contributed by atoms with E-state index in [1.807, 2.05) is 0 Å². The molecular formula is C10H12N6O2. The summed E-state index contributed by atoms with van der Waals surface area (Å²) >= 11 is 0. The van der Waals surface area contributed by atoms with Gasteiger partial charge in [0, 0.05) is 25.5 Å². The molecule has 1 aliphatic rings. The molecule has 1 aliphatic heterocycles. The van der Waals surface area contributed by atoms with E-state index in [2.05, 4.69) is 20.2 Å². The minimum atomic E-state index is -0.317. The topological polar surface area (TPSA) is 101 Å². The molecule has 94 valence electrons. The third-order valence-corrected chi connectivity index (χ3v) is 2.90. The van der Waals surface area contributed by atoms with Crippen molar-refractivity contribution in [3.05, 3.63) is 22.7 Å². The monoisotopic (exact) mass is 248 g/mol. The van der Waals surface area contributed by atoms with E-state index in [0.29, 0.717) is 19.0 Å². The fourth-order valence-corrected chi connectivity index (χ4v) is 2.03. The van der Waals surface area contributed by atoms with Crippen molar-refractivity contribution in [3.63, 3.8) is 0 Å². The molecule has 8 nitrogen and oxygen atoms in total. The van der Waals surface area contributed by atoms with Gasteiger partial charge in [0.15, 0.2) is 0 Å². The molecule has 0 bridgehead atoms. The summed E-state index contributed by atoms with van der Waals surface area (Å²) in [6.07, 6.45) is 5.01. The van der Waals surface area contributed by atoms with Crippen molar-refractivity contribution in [2.45, 2.75) is 25.9 Å². The van der Waals surface area contributed by atoms with Gasteiger partial charge in [-0.15, -0.1) is 10.2 Å². The first-order chi connectivity index (χ1) is 8.77. The highest BCUT2D eigenvalue weighted by molar-refractivity contribution is 5.45. The van der Waals surface area contributed by atoms with Crippen molar-refractivity contribution in [1.29, 1.82) is 0 Å². The Hall–Kier alpha value is -2.38. The zero-order chi connectivity index (χ0) is 12.5. The highest BCUT2D eigenvalue weighted by Crippen LogP contribution is 2.26. The Morgan fingerprint density at radius 3 is 2.72 bits per heavy atom. The molecule has 2 aromatic heterocycles. The zero-order valence-electron chi connectivity index (χ0n) is 9.57. The number of nitrogens with zero attached hydrogens (tertiary/aromatic N) is 5. The molecule has 0 saturated heterocycles. The lowest BCUT2D eigenvalue weighted by Gasteiger charge is -2.16. The maximum absolute atomic E-state index is 12.0. The Morgan fingerprint density at radius 1 is 1.28 bits per heavy atom. The average molecular weight is 248 g/mol. The van der Waals surface area contributed by atoms with E-state index >= 15 is 0 Å². The molecule has 0 spiro atoms. The Labute approximate surface area is 102 Å². The van der Waals surface area contributed by atoms with Crippen LogP contribution < -0.4 is 5.56 Å². The smallest absolute Gasteiger partial charge is 0.298 e. The van der Waals surface area contributed by atoms with Crippen LogP contribution in [0.25, 0.3) is 0 Å². The lowest BCUT2D eigenvalue weighted by Crippen LogP contribution is -2.26. The number of fused-ring (bicyclic) bond motifs is 1. The summed E-state index contributed by atoms with van der Waals surface area (Å²) in [5.41, 5.74) is -0.351. The Balaban J connectivity index is 2.02. The SMILES string of the molecule is O=c1c(N=Nc2ncc[nH]2)c(O)n2n1CCCC2. The highest BCUT2D eigenvalue weighted by Gasteiger charge is 2.21. The number of aromatic hydroxyl groups is 1. The maximum Gasteiger partial charge on any atom is 0.298 e. The summed E-state index contributed by atoms with van der Waals surface area (Å²) in [5.74, 6) is 0.165. The van der Waals surface area contributed by atoms with E-state index < -0.39 is 0 Å². The summed E-state index contributed by atoms with van der Waals surface area (Å²) in [7, 11) is 0. The van der Waals surface area contributed by atoms with Gasteiger partial charge in [-0.05, 0) is 12.8 Å². The third-order valence-electron chi connectivity index (χ3n) is 2.90. The third kappa shape index (κ3) is 1.62. The van der Waals surface area contributed by atoms with Gasteiger partial charge in [0.05, 0.1) is 0 Å². The number of rotatable bonds is 2. The number of nitrogens with one attached hydrogen (secondary N) is 1. The van der Waals surface area contributed by atoms with E-state index in [4.69, 9.17) is 0 Å². The van der Waals surface area contributed by atoms with Crippen molar-refractivity contribution in [1.82, 2.24) is 19.3 Å². The Kier molecular flexibility index (Phi) is 2.47. The fourth-order valence-electron chi connectivity index (χ4n) is 2.03. The van der Waals surface area contributed by atoms with Crippen LogP contribution in [0.1, 0.15) is 12.8 Å². The maximum atomic E-state index is 12.0. The van der Waals surface area contributed by atoms with Crippen molar-refractivity contribution in [3.8, 4) is 5.88 Å². The number of hydrogen-bond donors (Lipinski definition) is 2. The molecule has 3 heterocycles. The lowest BCUT2D eigenvalue weighted by molar-refractivity contribution is 0.305. The highest BCUT2D eigenvalue weighted by atomic mass is 16.3. The molecule has 8 heteroatoms. The van der Waals surface area contributed by atoms with E-state index in [1.54, 1.807) is 10.9 Å². The standard InChI is InChI=1S/C10H12N6O2/c17-8-7(13-14-10-11-3-4-12-10)9(18)16-6-2-1-5-15(8)16/h3-4,17H,1-2,5-6H2,(H,11,12). The number of aromatic amines is 1. The molecule has 0 fully saturated rings. The van der Waals surface area contributed by atoms with Gasteiger partial charge >= 0.3 is 0 Å². The van der Waals surface area contributed by atoms with Crippen LogP contribution in [0, 0.1) is 0 Å². The number of imidazole rings is 1. The first-order valence-corrected chi connectivity index (χ1v) is 5.71. The molecule has 0 amide bonds. The molecule has 0 saturated carbocycles. The van der Waals surface area contributed by atoms with Crippen molar-refractivity contribution >= 4 is 11.6 Å². The van der Waals surface area contributed by atoms with Gasteiger partial charge in [-0.1, -0.05) is 0 Å². The van der Waals surface area contributed by atoms with Gasteiger partial charge in [0.25, 0.3) is 5.56 Å². The molecule has 0 aromatic carbocycles. The van der Waals surface area contributed by atoms with E-state index in [9.17, 15) is 9.90 Å². The summed E-state index contributed by atoms with van der Waals surface area (Å²) in [4.78, 5) is 18.6. The van der Waals surface area contributed by atoms with Crippen molar-refractivity contribution in [2.24, 2.45) is 10.2 Å². The number of aromatic nitrogens is 4. The van der Waals surface area contributed by atoms with Crippen LogP contribution in [-0.4, -0.2) is 24.4 Å². The van der Waals surface area contributed by atoms with Crippen LogP contribution in [-0.2, 0) is 13.1 Å². The van der Waals surface area contributed by atoms with Gasteiger partial charge in [-0.25, -0.2) is 14.3 Å². The fraction of sp³-hybridized carbons (Fsp3) is 0.400. The number of H-pyrrole nitrogens is 1. The molecular weight excluding hydrogens is 236 g/mol.